The van der Waals surface area contributed by atoms with Gasteiger partial charge in [-0.3, -0.25) is 19.3 Å². The molecule has 1 aliphatic heterocycles. The second kappa shape index (κ2) is 7.70. The lowest BCUT2D eigenvalue weighted by Crippen LogP contribution is -2.42. The van der Waals surface area contributed by atoms with E-state index in [1.54, 1.807) is 11.0 Å². The number of hydrogen-bond acceptors (Lipinski definition) is 5. The van der Waals surface area contributed by atoms with E-state index >= 15 is 0 Å². The Labute approximate surface area is 165 Å². The van der Waals surface area contributed by atoms with Gasteiger partial charge in [-0.05, 0) is 47.7 Å². The fourth-order valence-electron chi connectivity index (χ4n) is 2.95. The number of carbonyl (C=O) groups excluding carboxylic acids is 3. The normalized spacial score (nSPS) is 18.4. The zero-order valence-electron chi connectivity index (χ0n) is 14.5. The largest absolute Gasteiger partial charge is 0.334 e. The van der Waals surface area contributed by atoms with Gasteiger partial charge in [0, 0.05) is 17.5 Å². The fourth-order valence-corrected chi connectivity index (χ4v) is 4.51. The lowest BCUT2D eigenvalue weighted by Gasteiger charge is -2.24. The van der Waals surface area contributed by atoms with Crippen molar-refractivity contribution in [1.82, 2.24) is 9.80 Å². The molecular weight excluding hydrogens is 380 g/mol. The molecule has 1 saturated heterocycles. The fraction of sp³-hybridized carbons (Fsp3) is 0.250. The molecule has 0 atom stereocenters. The van der Waals surface area contributed by atoms with Gasteiger partial charge in [0.15, 0.2) is 0 Å². The maximum absolute atomic E-state index is 12.9. The third-order valence-electron chi connectivity index (χ3n) is 4.49. The van der Waals surface area contributed by atoms with E-state index < -0.39 is 0 Å². The van der Waals surface area contributed by atoms with Gasteiger partial charge in [0.25, 0.3) is 11.1 Å². The predicted molar refractivity (Wildman–Crippen MR) is 107 cm³/mol. The molecule has 1 aliphatic carbocycles. The third-order valence-corrected chi connectivity index (χ3v) is 6.21. The number of hydrogen-bond donors (Lipinski definition) is 0. The first-order valence-corrected chi connectivity index (χ1v) is 10.4. The molecule has 2 heterocycles. The van der Waals surface area contributed by atoms with Gasteiger partial charge in [0.1, 0.15) is 6.54 Å². The molecule has 4 rings (SSSR count). The van der Waals surface area contributed by atoms with Crippen molar-refractivity contribution in [3.8, 4) is 0 Å². The highest BCUT2D eigenvalue weighted by molar-refractivity contribution is 8.18. The number of rotatable bonds is 6. The van der Waals surface area contributed by atoms with Gasteiger partial charge in [-0.2, -0.15) is 0 Å². The van der Waals surface area contributed by atoms with Gasteiger partial charge in [-0.25, -0.2) is 0 Å². The van der Waals surface area contributed by atoms with E-state index in [0.29, 0.717) is 11.4 Å². The lowest BCUT2D eigenvalue weighted by molar-refractivity contribution is -0.136. The molecule has 0 unspecified atom stereocenters. The summed E-state index contributed by atoms with van der Waals surface area (Å²) in [4.78, 5) is 41.9. The van der Waals surface area contributed by atoms with Crippen LogP contribution in [-0.4, -0.2) is 39.4 Å². The number of nitrogens with zero attached hydrogens (tertiary/aromatic N) is 2. The molecule has 0 N–H and O–H groups in total. The summed E-state index contributed by atoms with van der Waals surface area (Å²) in [6.45, 7) is 0.307. The van der Waals surface area contributed by atoms with E-state index in [9.17, 15) is 14.4 Å². The molecule has 27 heavy (non-hydrogen) atoms. The van der Waals surface area contributed by atoms with Crippen molar-refractivity contribution in [3.05, 3.63) is 63.2 Å². The summed E-state index contributed by atoms with van der Waals surface area (Å²) < 4.78 is 0. The minimum atomic E-state index is -0.387. The maximum atomic E-state index is 12.9. The smallest absolute Gasteiger partial charge is 0.294 e. The van der Waals surface area contributed by atoms with E-state index in [4.69, 9.17) is 0 Å². The first kappa shape index (κ1) is 18.0. The lowest BCUT2D eigenvalue weighted by atomic mass is 10.2. The molecule has 7 heteroatoms. The van der Waals surface area contributed by atoms with E-state index in [-0.39, 0.29) is 29.6 Å². The molecule has 0 bridgehead atoms. The van der Waals surface area contributed by atoms with Gasteiger partial charge in [0.05, 0.1) is 4.91 Å². The Hall–Kier alpha value is -2.38. The second-order valence-electron chi connectivity index (χ2n) is 6.52. The Balaban J connectivity index is 1.46. The summed E-state index contributed by atoms with van der Waals surface area (Å²) in [6, 6.07) is 13.8. The molecule has 0 spiro atoms. The summed E-state index contributed by atoms with van der Waals surface area (Å²) in [5.41, 5.74) is 1.05. The van der Waals surface area contributed by atoms with E-state index in [0.717, 1.165) is 39.9 Å². The van der Waals surface area contributed by atoms with Crippen LogP contribution in [0.25, 0.3) is 6.08 Å². The zero-order chi connectivity index (χ0) is 18.8. The summed E-state index contributed by atoms with van der Waals surface area (Å²) in [7, 11) is 0. The molecule has 3 amide bonds. The summed E-state index contributed by atoms with van der Waals surface area (Å²) in [5, 5.41) is 1.53. The third kappa shape index (κ3) is 4.14. The van der Waals surface area contributed by atoms with Gasteiger partial charge in [-0.1, -0.05) is 36.4 Å². The monoisotopic (exact) mass is 398 g/mol. The molecule has 2 fully saturated rings. The van der Waals surface area contributed by atoms with Gasteiger partial charge in [-0.15, -0.1) is 11.3 Å². The van der Waals surface area contributed by atoms with Crippen LogP contribution in [0.5, 0.6) is 0 Å². The molecule has 1 saturated carbocycles. The van der Waals surface area contributed by atoms with Crippen LogP contribution in [0.15, 0.2) is 52.7 Å². The van der Waals surface area contributed by atoms with Crippen LogP contribution >= 0.6 is 23.1 Å². The predicted octanol–water partition coefficient (Wildman–Crippen LogP) is 3.98. The second-order valence-corrected chi connectivity index (χ2v) is 8.49. The number of carbonyl (C=O) groups is 3. The summed E-state index contributed by atoms with van der Waals surface area (Å²) >= 11 is 2.40. The van der Waals surface area contributed by atoms with Crippen LogP contribution in [0.4, 0.5) is 4.79 Å². The molecule has 2 aliphatic rings. The van der Waals surface area contributed by atoms with Crippen molar-refractivity contribution in [2.75, 3.05) is 6.54 Å². The molecule has 5 nitrogen and oxygen atoms in total. The van der Waals surface area contributed by atoms with Crippen LogP contribution in [0, 0.1) is 0 Å². The number of amides is 3. The molecule has 1 aromatic carbocycles. The van der Waals surface area contributed by atoms with Crippen LogP contribution in [0.3, 0.4) is 0 Å². The Morgan fingerprint density at radius 2 is 1.93 bits per heavy atom. The van der Waals surface area contributed by atoms with Gasteiger partial charge >= 0.3 is 0 Å². The van der Waals surface area contributed by atoms with E-state index in [2.05, 4.69) is 0 Å². The summed E-state index contributed by atoms with van der Waals surface area (Å²) in [5.74, 6) is -0.566. The Bertz CT molecular complexity index is 889. The number of thiophene rings is 1. The maximum Gasteiger partial charge on any atom is 0.294 e. The highest BCUT2D eigenvalue weighted by Gasteiger charge is 2.39. The van der Waals surface area contributed by atoms with E-state index in [1.165, 1.54) is 11.3 Å². The molecular formula is C20H18N2O3S2. The molecule has 0 radical (unpaired) electrons. The standard InChI is InChI=1S/C20H18N2O3S2/c23-18(21(15-8-9-15)12-14-5-2-1-3-6-14)13-22-19(24)17(27-20(22)25)11-16-7-4-10-26-16/h1-7,10-11,15H,8-9,12-13H2. The first-order valence-electron chi connectivity index (χ1n) is 8.74. The Morgan fingerprint density at radius 3 is 2.59 bits per heavy atom. The quantitative estimate of drug-likeness (QED) is 0.691. The highest BCUT2D eigenvalue weighted by atomic mass is 32.2. The van der Waals surface area contributed by atoms with Gasteiger partial charge < -0.3 is 4.90 Å². The molecule has 2 aromatic rings. The van der Waals surface area contributed by atoms with Crippen LogP contribution < -0.4 is 0 Å². The van der Waals surface area contributed by atoms with Crippen LogP contribution in [-0.2, 0) is 16.1 Å². The minimum Gasteiger partial charge on any atom is -0.334 e. The van der Waals surface area contributed by atoms with Crippen molar-refractivity contribution >= 4 is 46.2 Å². The number of thioether (sulfide) groups is 1. The van der Waals surface area contributed by atoms with Crippen molar-refractivity contribution in [1.29, 1.82) is 0 Å². The zero-order valence-corrected chi connectivity index (χ0v) is 16.2. The van der Waals surface area contributed by atoms with Crippen molar-refractivity contribution < 1.29 is 14.4 Å². The molecule has 138 valence electrons. The van der Waals surface area contributed by atoms with Crippen molar-refractivity contribution in [2.24, 2.45) is 0 Å². The average molecular weight is 399 g/mol. The van der Waals surface area contributed by atoms with Crippen molar-refractivity contribution in [2.45, 2.75) is 25.4 Å². The average Bonchev–Trinajstić information content (AvgIpc) is 3.32. The van der Waals surface area contributed by atoms with Crippen LogP contribution in [0.2, 0.25) is 0 Å². The minimum absolute atomic E-state index is 0.180. The Kier molecular flexibility index (Phi) is 5.13. The van der Waals surface area contributed by atoms with Gasteiger partial charge in [0.2, 0.25) is 5.91 Å². The number of benzene rings is 1. The van der Waals surface area contributed by atoms with E-state index in [1.807, 2.05) is 47.8 Å². The first-order chi connectivity index (χ1) is 13.1. The van der Waals surface area contributed by atoms with Crippen LogP contribution in [0.1, 0.15) is 23.3 Å². The SMILES string of the molecule is O=C1SC(=Cc2cccs2)C(=O)N1CC(=O)N(Cc1ccccc1)C1CC1. The highest BCUT2D eigenvalue weighted by Crippen LogP contribution is 2.34. The molecule has 1 aromatic heterocycles. The topological polar surface area (TPSA) is 57.7 Å². The Morgan fingerprint density at radius 1 is 1.15 bits per heavy atom. The van der Waals surface area contributed by atoms with Crippen molar-refractivity contribution in [3.63, 3.8) is 0 Å². The summed E-state index contributed by atoms with van der Waals surface area (Å²) in [6.07, 6.45) is 3.65. The number of imide groups is 1.